The van der Waals surface area contributed by atoms with Crippen LogP contribution in [0.25, 0.3) is 0 Å². The summed E-state index contributed by atoms with van der Waals surface area (Å²) in [5.74, 6) is -0.775. The molecule has 5 rings (SSSR count). The number of carbonyl (C=O) groups excluding carboxylic acids is 3. The van der Waals surface area contributed by atoms with Crippen molar-refractivity contribution in [3.63, 3.8) is 0 Å². The van der Waals surface area contributed by atoms with Gasteiger partial charge in [-0.2, -0.15) is 0 Å². The monoisotopic (exact) mass is 418 g/mol. The highest BCUT2D eigenvalue weighted by Crippen LogP contribution is 2.38. The SMILES string of the molecule is CC1(C)CNc2ccccc2N1Cc1cccc2c1C(=O)N(C1CCC(=O)NC1=O)C2. The number of nitrogens with one attached hydrogen (secondary N) is 2. The molecule has 0 spiro atoms. The lowest BCUT2D eigenvalue weighted by Crippen LogP contribution is -2.52. The second kappa shape index (κ2) is 7.11. The Morgan fingerprint density at radius 3 is 2.68 bits per heavy atom. The van der Waals surface area contributed by atoms with E-state index in [9.17, 15) is 14.4 Å². The molecule has 0 aliphatic carbocycles. The van der Waals surface area contributed by atoms with Gasteiger partial charge < -0.3 is 15.1 Å². The molecule has 1 atom stereocenters. The van der Waals surface area contributed by atoms with Gasteiger partial charge in [-0.1, -0.05) is 30.3 Å². The van der Waals surface area contributed by atoms with Gasteiger partial charge in [-0.25, -0.2) is 0 Å². The van der Waals surface area contributed by atoms with Gasteiger partial charge in [0.1, 0.15) is 6.04 Å². The standard InChI is InChI=1S/C24H26N4O3/c1-24(2)14-25-17-8-3-4-9-18(17)28(24)13-16-7-5-6-15-12-27(23(31)21(15)16)19-10-11-20(29)26-22(19)30/h3-9,19,25H,10-14H2,1-2H3,(H,26,29,30). The fraction of sp³-hybridized carbons (Fsp3) is 0.375. The van der Waals surface area contributed by atoms with Crippen molar-refractivity contribution in [3.05, 3.63) is 59.2 Å². The predicted molar refractivity (Wildman–Crippen MR) is 118 cm³/mol. The third-order valence-corrected chi connectivity index (χ3v) is 6.60. The van der Waals surface area contributed by atoms with Gasteiger partial charge in [0.15, 0.2) is 0 Å². The highest BCUT2D eigenvalue weighted by Gasteiger charge is 2.41. The fourth-order valence-electron chi connectivity index (χ4n) is 4.88. The number of nitrogens with zero attached hydrogens (tertiary/aromatic N) is 2. The summed E-state index contributed by atoms with van der Waals surface area (Å²) in [6.45, 7) is 6.18. The summed E-state index contributed by atoms with van der Waals surface area (Å²) in [6, 6.07) is 13.6. The summed E-state index contributed by atoms with van der Waals surface area (Å²) in [7, 11) is 0. The van der Waals surface area contributed by atoms with Crippen LogP contribution in [-0.2, 0) is 22.7 Å². The highest BCUT2D eigenvalue weighted by atomic mass is 16.2. The van der Waals surface area contributed by atoms with E-state index in [0.29, 0.717) is 25.1 Å². The molecule has 1 saturated heterocycles. The van der Waals surface area contributed by atoms with Crippen molar-refractivity contribution in [2.24, 2.45) is 0 Å². The van der Waals surface area contributed by atoms with Crippen LogP contribution in [0.1, 0.15) is 48.2 Å². The lowest BCUT2D eigenvalue weighted by Gasteiger charge is -2.45. The van der Waals surface area contributed by atoms with Crippen molar-refractivity contribution >= 4 is 29.1 Å². The van der Waals surface area contributed by atoms with E-state index in [1.807, 2.05) is 30.3 Å². The molecule has 160 valence electrons. The van der Waals surface area contributed by atoms with Gasteiger partial charge in [0.05, 0.1) is 16.9 Å². The van der Waals surface area contributed by atoms with Crippen molar-refractivity contribution in [1.82, 2.24) is 10.2 Å². The minimum absolute atomic E-state index is 0.124. The zero-order valence-corrected chi connectivity index (χ0v) is 17.8. The maximum absolute atomic E-state index is 13.4. The molecule has 0 aromatic heterocycles. The third-order valence-electron chi connectivity index (χ3n) is 6.60. The van der Waals surface area contributed by atoms with E-state index >= 15 is 0 Å². The first-order valence-corrected chi connectivity index (χ1v) is 10.7. The summed E-state index contributed by atoms with van der Waals surface area (Å²) >= 11 is 0. The summed E-state index contributed by atoms with van der Waals surface area (Å²) in [5.41, 5.74) is 4.66. The molecule has 2 aromatic rings. The first-order chi connectivity index (χ1) is 14.8. The number of hydrogen-bond donors (Lipinski definition) is 2. The van der Waals surface area contributed by atoms with E-state index < -0.39 is 6.04 Å². The Morgan fingerprint density at radius 2 is 1.87 bits per heavy atom. The van der Waals surface area contributed by atoms with Gasteiger partial charge in [-0.05, 0) is 43.5 Å². The zero-order chi connectivity index (χ0) is 21.8. The van der Waals surface area contributed by atoms with Crippen molar-refractivity contribution in [2.45, 2.75) is 51.4 Å². The smallest absolute Gasteiger partial charge is 0.255 e. The molecule has 0 saturated carbocycles. The van der Waals surface area contributed by atoms with Crippen LogP contribution >= 0.6 is 0 Å². The summed E-state index contributed by atoms with van der Waals surface area (Å²) in [4.78, 5) is 41.3. The molecule has 7 nitrogen and oxygen atoms in total. The van der Waals surface area contributed by atoms with Gasteiger partial charge >= 0.3 is 0 Å². The van der Waals surface area contributed by atoms with E-state index in [-0.39, 0.29) is 29.7 Å². The normalized spacial score (nSPS) is 22.0. The van der Waals surface area contributed by atoms with E-state index in [4.69, 9.17) is 0 Å². The minimum atomic E-state index is -0.596. The maximum Gasteiger partial charge on any atom is 0.255 e. The number of benzene rings is 2. The third kappa shape index (κ3) is 3.24. The Bertz CT molecular complexity index is 1090. The number of para-hydroxylation sites is 2. The highest BCUT2D eigenvalue weighted by molar-refractivity contribution is 6.06. The minimum Gasteiger partial charge on any atom is -0.381 e. The predicted octanol–water partition coefficient (Wildman–Crippen LogP) is 2.66. The summed E-state index contributed by atoms with van der Waals surface area (Å²) in [5, 5.41) is 5.87. The van der Waals surface area contributed by atoms with Crippen molar-refractivity contribution in [1.29, 1.82) is 0 Å². The first-order valence-electron chi connectivity index (χ1n) is 10.7. The Morgan fingerprint density at radius 1 is 1.06 bits per heavy atom. The number of imide groups is 1. The Balaban J connectivity index is 1.47. The van der Waals surface area contributed by atoms with Crippen LogP contribution in [0.4, 0.5) is 11.4 Å². The maximum atomic E-state index is 13.4. The number of anilines is 2. The molecule has 2 aromatic carbocycles. The molecule has 31 heavy (non-hydrogen) atoms. The van der Waals surface area contributed by atoms with Crippen LogP contribution in [0.2, 0.25) is 0 Å². The molecule has 3 aliphatic rings. The lowest BCUT2D eigenvalue weighted by molar-refractivity contribution is -0.136. The largest absolute Gasteiger partial charge is 0.381 e. The van der Waals surface area contributed by atoms with Gasteiger partial charge in [0.25, 0.3) is 5.91 Å². The van der Waals surface area contributed by atoms with E-state index in [2.05, 4.69) is 41.5 Å². The van der Waals surface area contributed by atoms with Crippen LogP contribution in [0.5, 0.6) is 0 Å². The first kappa shape index (κ1) is 19.6. The second-order valence-corrected chi connectivity index (χ2v) is 9.12. The second-order valence-electron chi connectivity index (χ2n) is 9.12. The molecule has 2 N–H and O–H groups in total. The molecular formula is C24H26N4O3. The summed E-state index contributed by atoms with van der Waals surface area (Å²) in [6.07, 6.45) is 0.632. The van der Waals surface area contributed by atoms with Gasteiger partial charge in [-0.3, -0.25) is 19.7 Å². The topological polar surface area (TPSA) is 81.8 Å². The summed E-state index contributed by atoms with van der Waals surface area (Å²) < 4.78 is 0. The zero-order valence-electron chi connectivity index (χ0n) is 17.8. The van der Waals surface area contributed by atoms with Crippen LogP contribution < -0.4 is 15.5 Å². The molecule has 3 aliphatic heterocycles. The number of fused-ring (bicyclic) bond motifs is 2. The quantitative estimate of drug-likeness (QED) is 0.749. The molecule has 1 unspecified atom stereocenters. The number of hydrogen-bond acceptors (Lipinski definition) is 5. The van der Waals surface area contributed by atoms with Crippen LogP contribution in [0, 0.1) is 0 Å². The fourth-order valence-corrected chi connectivity index (χ4v) is 4.88. The van der Waals surface area contributed by atoms with Crippen molar-refractivity contribution < 1.29 is 14.4 Å². The number of rotatable bonds is 3. The van der Waals surface area contributed by atoms with Crippen molar-refractivity contribution in [2.75, 3.05) is 16.8 Å². The average molecular weight is 418 g/mol. The van der Waals surface area contributed by atoms with Crippen LogP contribution in [0.3, 0.4) is 0 Å². The van der Waals surface area contributed by atoms with Gasteiger partial charge in [0, 0.05) is 31.6 Å². The molecule has 0 radical (unpaired) electrons. The van der Waals surface area contributed by atoms with E-state index in [1.54, 1.807) is 4.90 Å². The van der Waals surface area contributed by atoms with Crippen LogP contribution in [0.15, 0.2) is 42.5 Å². The van der Waals surface area contributed by atoms with E-state index in [1.165, 1.54) is 0 Å². The number of carbonyl (C=O) groups is 3. The Labute approximate surface area is 181 Å². The average Bonchev–Trinajstić information content (AvgIpc) is 3.07. The van der Waals surface area contributed by atoms with Gasteiger partial charge in [-0.15, -0.1) is 0 Å². The van der Waals surface area contributed by atoms with Crippen molar-refractivity contribution in [3.8, 4) is 0 Å². The molecule has 1 fully saturated rings. The van der Waals surface area contributed by atoms with Crippen LogP contribution in [-0.4, -0.2) is 40.7 Å². The molecule has 7 heteroatoms. The Hall–Kier alpha value is -3.35. The molecular weight excluding hydrogens is 392 g/mol. The Kier molecular flexibility index (Phi) is 4.50. The molecule has 3 amide bonds. The lowest BCUT2D eigenvalue weighted by atomic mass is 9.94. The number of piperidine rings is 1. The van der Waals surface area contributed by atoms with E-state index in [0.717, 1.165) is 29.0 Å². The number of amides is 3. The molecule has 3 heterocycles. The molecule has 0 bridgehead atoms. The van der Waals surface area contributed by atoms with Gasteiger partial charge in [0.2, 0.25) is 11.8 Å².